The Labute approximate surface area is 202 Å². The van der Waals surface area contributed by atoms with Crippen molar-refractivity contribution < 1.29 is 9.18 Å². The fraction of sp³-hybridized carbons (Fsp3) is 0.136. The van der Waals surface area contributed by atoms with Crippen LogP contribution in [0, 0.1) is 5.82 Å². The second-order valence-corrected chi connectivity index (χ2v) is 8.08. The number of nitrogens with one attached hydrogen (secondary N) is 4. The van der Waals surface area contributed by atoms with Gasteiger partial charge in [0.15, 0.2) is 11.5 Å². The highest BCUT2D eigenvalue weighted by atomic mass is 35.5. The van der Waals surface area contributed by atoms with Crippen molar-refractivity contribution in [1.82, 2.24) is 46.1 Å². The van der Waals surface area contributed by atoms with Gasteiger partial charge in [0.25, 0.3) is 5.91 Å². The zero-order valence-electron chi connectivity index (χ0n) is 18.3. The van der Waals surface area contributed by atoms with E-state index in [0.29, 0.717) is 28.2 Å². The van der Waals surface area contributed by atoms with E-state index in [1.165, 1.54) is 18.5 Å². The van der Waals surface area contributed by atoms with Crippen molar-refractivity contribution >= 4 is 34.4 Å². The summed E-state index contributed by atoms with van der Waals surface area (Å²) in [6.07, 6.45) is 1.30. The molecule has 5 aromatic rings. The van der Waals surface area contributed by atoms with Gasteiger partial charge in [0.05, 0.1) is 11.1 Å². The van der Waals surface area contributed by atoms with Crippen LogP contribution < -0.4 is 10.6 Å². The van der Waals surface area contributed by atoms with E-state index in [1.807, 2.05) is 31.2 Å². The van der Waals surface area contributed by atoms with E-state index >= 15 is 0 Å². The largest absolute Gasteiger partial charge is 0.360 e. The average molecular weight is 493 g/mol. The van der Waals surface area contributed by atoms with E-state index in [-0.39, 0.29) is 23.3 Å². The van der Waals surface area contributed by atoms with Crippen LogP contribution in [0.3, 0.4) is 0 Å². The quantitative estimate of drug-likeness (QED) is 0.270. The number of benzene rings is 2. The van der Waals surface area contributed by atoms with Gasteiger partial charge >= 0.3 is 0 Å². The van der Waals surface area contributed by atoms with Crippen LogP contribution >= 0.6 is 11.6 Å². The van der Waals surface area contributed by atoms with Gasteiger partial charge in [-0.15, -0.1) is 10.2 Å². The van der Waals surface area contributed by atoms with Crippen LogP contribution in [0.4, 0.5) is 10.2 Å². The maximum Gasteiger partial charge on any atom is 0.272 e. The number of aromatic nitrogens is 8. The summed E-state index contributed by atoms with van der Waals surface area (Å²) in [6.45, 7) is 2.13. The van der Waals surface area contributed by atoms with Gasteiger partial charge < -0.3 is 10.6 Å². The third kappa shape index (κ3) is 4.64. The third-order valence-electron chi connectivity index (χ3n) is 5.37. The summed E-state index contributed by atoms with van der Waals surface area (Å²) in [6, 6.07) is 11.9. The summed E-state index contributed by atoms with van der Waals surface area (Å²) in [4.78, 5) is 21.2. The molecular formula is C22H18ClFN10O. The van der Waals surface area contributed by atoms with E-state index in [4.69, 9.17) is 11.6 Å². The van der Waals surface area contributed by atoms with Crippen molar-refractivity contribution in [3.05, 3.63) is 76.5 Å². The van der Waals surface area contributed by atoms with Gasteiger partial charge in [0, 0.05) is 12.1 Å². The number of carbonyl (C=O) groups excluding carboxylic acids is 1. The van der Waals surface area contributed by atoms with Gasteiger partial charge in [-0.1, -0.05) is 41.9 Å². The van der Waals surface area contributed by atoms with Gasteiger partial charge in [-0.3, -0.25) is 9.89 Å². The fourth-order valence-electron chi connectivity index (χ4n) is 3.52. The Morgan fingerprint density at radius 1 is 1.14 bits per heavy atom. The van der Waals surface area contributed by atoms with Gasteiger partial charge in [0.2, 0.25) is 5.82 Å². The number of aromatic amines is 2. The molecular weight excluding hydrogens is 475 g/mol. The minimum absolute atomic E-state index is 0.0102. The van der Waals surface area contributed by atoms with Crippen LogP contribution in [0.25, 0.3) is 22.4 Å². The molecule has 5 rings (SSSR count). The summed E-state index contributed by atoms with van der Waals surface area (Å²) in [5.74, 6) is 0.0454. The molecule has 3 heterocycles. The molecule has 1 amide bonds. The monoisotopic (exact) mass is 492 g/mol. The number of tetrazole rings is 1. The lowest BCUT2D eigenvalue weighted by molar-refractivity contribution is 0.0947. The summed E-state index contributed by atoms with van der Waals surface area (Å²) in [5.41, 5.74) is 3.50. The van der Waals surface area contributed by atoms with Crippen molar-refractivity contribution in [3.8, 4) is 11.4 Å². The van der Waals surface area contributed by atoms with Gasteiger partial charge in [-0.05, 0) is 35.4 Å². The Bertz CT molecular complexity index is 1490. The van der Waals surface area contributed by atoms with Crippen molar-refractivity contribution in [2.24, 2.45) is 0 Å². The highest BCUT2D eigenvalue weighted by Crippen LogP contribution is 2.25. The molecule has 1 unspecified atom stereocenters. The molecule has 176 valence electrons. The Morgan fingerprint density at radius 3 is 2.71 bits per heavy atom. The van der Waals surface area contributed by atoms with E-state index in [2.05, 4.69) is 51.4 Å². The van der Waals surface area contributed by atoms with E-state index in [9.17, 15) is 9.18 Å². The topological polar surface area (TPSA) is 150 Å². The number of hydrogen-bond donors (Lipinski definition) is 4. The highest BCUT2D eigenvalue weighted by Gasteiger charge is 2.19. The highest BCUT2D eigenvalue weighted by molar-refractivity contribution is 6.30. The van der Waals surface area contributed by atoms with Crippen LogP contribution in [0.1, 0.15) is 34.6 Å². The van der Waals surface area contributed by atoms with E-state index in [1.54, 1.807) is 6.07 Å². The Morgan fingerprint density at radius 2 is 1.97 bits per heavy atom. The molecule has 0 aliphatic heterocycles. The molecule has 0 spiro atoms. The third-order valence-corrected chi connectivity index (χ3v) is 5.66. The minimum Gasteiger partial charge on any atom is -0.360 e. The fourth-order valence-corrected chi connectivity index (χ4v) is 3.72. The van der Waals surface area contributed by atoms with Crippen LogP contribution in [-0.2, 0) is 6.54 Å². The van der Waals surface area contributed by atoms with Crippen LogP contribution in [0.5, 0.6) is 0 Å². The first-order chi connectivity index (χ1) is 17.0. The smallest absolute Gasteiger partial charge is 0.272 e. The molecule has 0 bridgehead atoms. The molecule has 4 N–H and O–H groups in total. The van der Waals surface area contributed by atoms with Crippen molar-refractivity contribution in [1.29, 1.82) is 0 Å². The summed E-state index contributed by atoms with van der Waals surface area (Å²) in [7, 11) is 0. The SMILES string of the molecule is CC(Nc1n[nH]c2c(C(=O)NCc3ccc(F)c(Cl)c3)ncnc12)c1ccc(-c2nn[nH]n2)cc1. The molecule has 13 heteroatoms. The number of rotatable bonds is 7. The number of fused-ring (bicyclic) bond motifs is 1. The number of anilines is 1. The van der Waals surface area contributed by atoms with Crippen molar-refractivity contribution in [2.45, 2.75) is 19.5 Å². The normalized spacial score (nSPS) is 12.0. The molecule has 0 aliphatic rings. The molecule has 3 aromatic heterocycles. The molecule has 11 nitrogen and oxygen atoms in total. The van der Waals surface area contributed by atoms with E-state index < -0.39 is 11.7 Å². The molecule has 0 fully saturated rings. The van der Waals surface area contributed by atoms with Crippen LogP contribution in [0.15, 0.2) is 48.8 Å². The lowest BCUT2D eigenvalue weighted by Gasteiger charge is -2.14. The number of carbonyl (C=O) groups is 1. The Kier molecular flexibility index (Phi) is 6.02. The number of amides is 1. The molecule has 0 saturated heterocycles. The number of hydrogen-bond acceptors (Lipinski definition) is 8. The number of halogens is 2. The van der Waals surface area contributed by atoms with Gasteiger partial charge in [0.1, 0.15) is 23.2 Å². The molecule has 2 aromatic carbocycles. The lowest BCUT2D eigenvalue weighted by Crippen LogP contribution is -2.24. The Hall–Kier alpha value is -4.45. The van der Waals surface area contributed by atoms with Crippen molar-refractivity contribution in [2.75, 3.05) is 5.32 Å². The maximum absolute atomic E-state index is 13.4. The van der Waals surface area contributed by atoms with E-state index in [0.717, 1.165) is 11.1 Å². The summed E-state index contributed by atoms with van der Waals surface area (Å²) >= 11 is 5.81. The molecule has 1 atom stereocenters. The first kappa shape index (κ1) is 22.3. The van der Waals surface area contributed by atoms with Crippen LogP contribution in [-0.4, -0.2) is 46.7 Å². The zero-order chi connectivity index (χ0) is 24.4. The maximum atomic E-state index is 13.4. The number of H-pyrrole nitrogens is 2. The Balaban J connectivity index is 1.30. The van der Waals surface area contributed by atoms with Gasteiger partial charge in [-0.2, -0.15) is 10.3 Å². The predicted molar refractivity (Wildman–Crippen MR) is 126 cm³/mol. The standard InChI is InChI=1S/C22H18ClFN10O/c1-11(13-3-5-14(6-4-13)20-31-33-34-32-20)28-21-18-17(29-30-21)19(27-10-26-18)22(35)25-9-12-2-7-16(24)15(23)8-12/h2-8,10-11H,9H2,1H3,(H,25,35)(H2,28,29,30)(H,31,32,33,34). The summed E-state index contributed by atoms with van der Waals surface area (Å²) < 4.78 is 13.4. The molecule has 0 aliphatic carbocycles. The molecule has 0 saturated carbocycles. The second-order valence-electron chi connectivity index (χ2n) is 7.67. The van der Waals surface area contributed by atoms with Crippen molar-refractivity contribution in [3.63, 3.8) is 0 Å². The molecule has 35 heavy (non-hydrogen) atoms. The first-order valence-corrected chi connectivity index (χ1v) is 10.9. The summed E-state index contributed by atoms with van der Waals surface area (Å²) in [5, 5.41) is 27.1. The predicted octanol–water partition coefficient (Wildman–Crippen LogP) is 3.43. The zero-order valence-corrected chi connectivity index (χ0v) is 19.0. The molecule has 0 radical (unpaired) electrons. The van der Waals surface area contributed by atoms with Crippen LogP contribution in [0.2, 0.25) is 5.02 Å². The second kappa shape index (κ2) is 9.43. The number of nitrogens with zero attached hydrogens (tertiary/aromatic N) is 6. The minimum atomic E-state index is -0.520. The van der Waals surface area contributed by atoms with Gasteiger partial charge in [-0.25, -0.2) is 14.4 Å². The average Bonchev–Trinajstić information content (AvgIpc) is 3.55. The lowest BCUT2D eigenvalue weighted by atomic mass is 10.1. The first-order valence-electron chi connectivity index (χ1n) is 10.5.